The van der Waals surface area contributed by atoms with Crippen LogP contribution >= 0.6 is 0 Å². The number of benzene rings is 1. The summed E-state index contributed by atoms with van der Waals surface area (Å²) in [6, 6.07) is 8.58. The molecule has 0 aliphatic carbocycles. The molecule has 1 aliphatic heterocycles. The second-order valence-corrected chi connectivity index (χ2v) is 8.12. The smallest absolute Gasteiger partial charge is 0.245 e. The summed E-state index contributed by atoms with van der Waals surface area (Å²) in [6.45, 7) is 2.57. The highest BCUT2D eigenvalue weighted by atomic mass is 16.3. The van der Waals surface area contributed by atoms with Crippen molar-refractivity contribution in [3.8, 4) is 0 Å². The van der Waals surface area contributed by atoms with E-state index in [4.69, 9.17) is 5.73 Å². The molecule has 166 valence electrons. The minimum atomic E-state index is -0.742. The molecule has 0 bridgehead atoms. The summed E-state index contributed by atoms with van der Waals surface area (Å²) in [6.07, 6.45) is 5.32. The van der Waals surface area contributed by atoms with Crippen LogP contribution < -0.4 is 11.1 Å². The van der Waals surface area contributed by atoms with Crippen LogP contribution in [0.3, 0.4) is 0 Å². The molecule has 4 N–H and O–H groups in total. The fourth-order valence-electron chi connectivity index (χ4n) is 4.06. The highest BCUT2D eigenvalue weighted by Gasteiger charge is 2.34. The van der Waals surface area contributed by atoms with E-state index in [1.165, 1.54) is 0 Å². The van der Waals surface area contributed by atoms with Gasteiger partial charge in [-0.25, -0.2) is 0 Å². The molecule has 1 aromatic carbocycles. The van der Waals surface area contributed by atoms with E-state index in [-0.39, 0.29) is 30.9 Å². The van der Waals surface area contributed by atoms with Crippen LogP contribution in [0.25, 0.3) is 0 Å². The number of hydrogen-bond acceptors (Lipinski definition) is 4. The summed E-state index contributed by atoms with van der Waals surface area (Å²) >= 11 is 0. The Labute approximate surface area is 179 Å². The molecule has 1 saturated heterocycles. The molecular formula is C23H35N3O4. The van der Waals surface area contributed by atoms with E-state index in [0.717, 1.165) is 37.7 Å². The van der Waals surface area contributed by atoms with Gasteiger partial charge in [0.05, 0.1) is 12.6 Å². The number of hydrogen-bond donors (Lipinski definition) is 3. The Kier molecular flexibility index (Phi) is 9.80. The maximum atomic E-state index is 13.3. The van der Waals surface area contributed by atoms with Gasteiger partial charge in [-0.1, -0.05) is 56.5 Å². The molecule has 0 radical (unpaired) electrons. The Bertz CT molecular complexity index is 695. The Morgan fingerprint density at radius 2 is 1.97 bits per heavy atom. The molecule has 3 amide bonds. The number of nitrogens with two attached hydrogens (primary N) is 1. The zero-order chi connectivity index (χ0) is 21.9. The minimum Gasteiger partial charge on any atom is -0.394 e. The predicted octanol–water partition coefficient (Wildman–Crippen LogP) is 1.77. The first kappa shape index (κ1) is 23.9. The number of nitrogens with one attached hydrogen (secondary N) is 1. The van der Waals surface area contributed by atoms with Crippen LogP contribution in [0.15, 0.2) is 30.3 Å². The highest BCUT2D eigenvalue weighted by molar-refractivity contribution is 5.90. The summed E-state index contributed by atoms with van der Waals surface area (Å²) in [5.74, 6) is -1.54. The number of amides is 3. The van der Waals surface area contributed by atoms with Crippen LogP contribution in [0, 0.1) is 5.92 Å². The third-order valence-electron chi connectivity index (χ3n) is 5.74. The minimum absolute atomic E-state index is 0.0230. The van der Waals surface area contributed by atoms with E-state index in [1.54, 1.807) is 4.90 Å². The van der Waals surface area contributed by atoms with Gasteiger partial charge in [0.1, 0.15) is 6.04 Å². The van der Waals surface area contributed by atoms with E-state index in [9.17, 15) is 19.5 Å². The van der Waals surface area contributed by atoms with Crippen LogP contribution in [0.4, 0.5) is 0 Å². The van der Waals surface area contributed by atoms with Gasteiger partial charge in [-0.05, 0) is 24.8 Å². The zero-order valence-electron chi connectivity index (χ0n) is 17.9. The first-order valence-corrected chi connectivity index (χ1v) is 11.0. The number of primary amides is 1. The van der Waals surface area contributed by atoms with Crippen molar-refractivity contribution in [2.75, 3.05) is 13.2 Å². The number of likely N-dealkylation sites (tertiary alicyclic amines) is 1. The van der Waals surface area contributed by atoms with Crippen LogP contribution in [0.2, 0.25) is 0 Å². The van der Waals surface area contributed by atoms with Crippen molar-refractivity contribution in [3.63, 3.8) is 0 Å². The Morgan fingerprint density at radius 1 is 1.23 bits per heavy atom. The lowest BCUT2D eigenvalue weighted by Crippen LogP contribution is -2.53. The molecule has 7 heteroatoms. The molecule has 1 fully saturated rings. The van der Waals surface area contributed by atoms with Gasteiger partial charge in [-0.15, -0.1) is 0 Å². The van der Waals surface area contributed by atoms with E-state index in [0.29, 0.717) is 19.4 Å². The van der Waals surface area contributed by atoms with Gasteiger partial charge in [0.2, 0.25) is 17.7 Å². The molecular weight excluding hydrogens is 382 g/mol. The number of rotatable bonds is 12. The third kappa shape index (κ3) is 7.13. The van der Waals surface area contributed by atoms with Gasteiger partial charge in [0.25, 0.3) is 0 Å². The standard InChI is InChI=1S/C23H35N3O4/c1-2-3-5-11-18(15-21(24)28)22(29)25-20(14-17-9-6-4-7-10-17)23(30)26-13-8-12-19(26)16-27/h4,6-7,9-10,18-20,27H,2-3,5,8,11-16H2,1H3,(H2,24,28)(H,25,29)/t18-,19+,20+/m1/s1. The molecule has 1 aromatic rings. The van der Waals surface area contributed by atoms with E-state index in [1.807, 2.05) is 30.3 Å². The van der Waals surface area contributed by atoms with Crippen molar-refractivity contribution in [1.29, 1.82) is 0 Å². The second-order valence-electron chi connectivity index (χ2n) is 8.12. The first-order valence-electron chi connectivity index (χ1n) is 11.0. The van der Waals surface area contributed by atoms with Crippen molar-refractivity contribution < 1.29 is 19.5 Å². The average Bonchev–Trinajstić information content (AvgIpc) is 3.21. The fraction of sp³-hybridized carbons (Fsp3) is 0.609. The number of carbonyl (C=O) groups is 3. The van der Waals surface area contributed by atoms with E-state index in [2.05, 4.69) is 12.2 Å². The number of nitrogens with zero attached hydrogens (tertiary/aromatic N) is 1. The van der Waals surface area contributed by atoms with Crippen LogP contribution in [0.1, 0.15) is 57.4 Å². The molecule has 2 rings (SSSR count). The lowest BCUT2D eigenvalue weighted by molar-refractivity contribution is -0.139. The highest BCUT2D eigenvalue weighted by Crippen LogP contribution is 2.20. The molecule has 0 spiro atoms. The average molecular weight is 418 g/mol. The quantitative estimate of drug-likeness (QED) is 0.450. The SMILES string of the molecule is CCCCC[C@H](CC(N)=O)C(=O)N[C@@H](Cc1ccccc1)C(=O)N1CCC[C@H]1CO. The largest absolute Gasteiger partial charge is 0.394 e. The van der Waals surface area contributed by atoms with Crippen molar-refractivity contribution in [1.82, 2.24) is 10.2 Å². The van der Waals surface area contributed by atoms with Gasteiger partial charge in [0, 0.05) is 25.3 Å². The molecule has 3 atom stereocenters. The van der Waals surface area contributed by atoms with Gasteiger partial charge in [-0.3, -0.25) is 14.4 Å². The number of aliphatic hydroxyl groups is 1. The summed E-state index contributed by atoms with van der Waals surface area (Å²) in [5.41, 5.74) is 6.30. The summed E-state index contributed by atoms with van der Waals surface area (Å²) in [5, 5.41) is 12.5. The molecule has 1 aliphatic rings. The molecule has 7 nitrogen and oxygen atoms in total. The first-order chi connectivity index (χ1) is 14.5. The lowest BCUT2D eigenvalue weighted by Gasteiger charge is -2.29. The Morgan fingerprint density at radius 3 is 2.60 bits per heavy atom. The summed E-state index contributed by atoms with van der Waals surface area (Å²) in [7, 11) is 0. The van der Waals surface area contributed by atoms with Crippen LogP contribution in [-0.2, 0) is 20.8 Å². The topological polar surface area (TPSA) is 113 Å². The molecule has 30 heavy (non-hydrogen) atoms. The van der Waals surface area contributed by atoms with Gasteiger partial charge >= 0.3 is 0 Å². The number of aliphatic hydroxyl groups excluding tert-OH is 1. The third-order valence-corrected chi connectivity index (χ3v) is 5.74. The van der Waals surface area contributed by atoms with Gasteiger partial charge in [-0.2, -0.15) is 0 Å². The number of unbranched alkanes of at least 4 members (excludes halogenated alkanes) is 2. The summed E-state index contributed by atoms with van der Waals surface area (Å²) in [4.78, 5) is 39.4. The number of carbonyl (C=O) groups excluding carboxylic acids is 3. The molecule has 0 unspecified atom stereocenters. The maximum absolute atomic E-state index is 13.3. The molecule has 0 aromatic heterocycles. The maximum Gasteiger partial charge on any atom is 0.245 e. The second kappa shape index (κ2) is 12.3. The van der Waals surface area contributed by atoms with Crippen molar-refractivity contribution >= 4 is 17.7 Å². The van der Waals surface area contributed by atoms with Crippen LogP contribution in [-0.4, -0.2) is 53.0 Å². The summed E-state index contributed by atoms with van der Waals surface area (Å²) < 4.78 is 0. The monoisotopic (exact) mass is 417 g/mol. The van der Waals surface area contributed by atoms with Crippen LogP contribution in [0.5, 0.6) is 0 Å². The zero-order valence-corrected chi connectivity index (χ0v) is 17.9. The van der Waals surface area contributed by atoms with Crippen molar-refractivity contribution in [2.45, 2.75) is 70.4 Å². The Balaban J connectivity index is 2.16. The van der Waals surface area contributed by atoms with Gasteiger partial charge < -0.3 is 21.1 Å². The van der Waals surface area contributed by atoms with Gasteiger partial charge in [0.15, 0.2) is 0 Å². The normalized spacial score (nSPS) is 18.1. The van der Waals surface area contributed by atoms with E-state index >= 15 is 0 Å². The molecule has 0 saturated carbocycles. The molecule has 1 heterocycles. The van der Waals surface area contributed by atoms with Crippen molar-refractivity contribution in [2.24, 2.45) is 11.7 Å². The Hall–Kier alpha value is -2.41. The fourth-order valence-corrected chi connectivity index (χ4v) is 4.06. The van der Waals surface area contributed by atoms with E-state index < -0.39 is 17.9 Å². The van der Waals surface area contributed by atoms with Crippen molar-refractivity contribution in [3.05, 3.63) is 35.9 Å². The predicted molar refractivity (Wildman–Crippen MR) is 115 cm³/mol. The lowest BCUT2D eigenvalue weighted by atomic mass is 9.95.